The number of rotatable bonds is 7. The third-order valence-corrected chi connectivity index (χ3v) is 4.61. The predicted molar refractivity (Wildman–Crippen MR) is 88.8 cm³/mol. The Kier molecular flexibility index (Phi) is 6.47. The Bertz CT molecular complexity index is 867. The van der Waals surface area contributed by atoms with Crippen LogP contribution in [-0.4, -0.2) is 25.3 Å². The Hall–Kier alpha value is -2.02. The summed E-state index contributed by atoms with van der Waals surface area (Å²) in [5, 5.41) is 19.6. The fourth-order valence-electron chi connectivity index (χ4n) is 1.90. The number of nitrogens with zero attached hydrogens (tertiary/aromatic N) is 2. The molecule has 0 aliphatic heterocycles. The molecule has 134 valence electrons. The molecule has 0 saturated carbocycles. The maximum atomic E-state index is 11.4. The summed E-state index contributed by atoms with van der Waals surface area (Å²) >= 11 is 0.797. The highest BCUT2D eigenvalue weighted by atomic mass is 32.2. The summed E-state index contributed by atoms with van der Waals surface area (Å²) in [5.41, 5.74) is 0.951. The fourth-order valence-corrected chi connectivity index (χ4v) is 2.99. The predicted octanol–water partition coefficient (Wildman–Crippen LogP) is 4.09. The molecule has 11 heteroatoms. The van der Waals surface area contributed by atoms with E-state index in [2.05, 4.69) is 19.6 Å². The van der Waals surface area contributed by atoms with E-state index >= 15 is 0 Å². The topological polar surface area (TPSA) is 127 Å². The number of benzene rings is 2. The summed E-state index contributed by atoms with van der Waals surface area (Å²) in [4.78, 5) is 0.379. The minimum absolute atomic E-state index is 0.149. The molecule has 25 heavy (non-hydrogen) atoms. The van der Waals surface area contributed by atoms with E-state index in [1.807, 2.05) is 0 Å². The quantitative estimate of drug-likeness (QED) is 0.239. The molecule has 0 saturated heterocycles. The van der Waals surface area contributed by atoms with Crippen molar-refractivity contribution in [2.24, 2.45) is 10.2 Å². The zero-order chi connectivity index (χ0) is 18.4. The molecule has 0 spiro atoms. The van der Waals surface area contributed by atoms with Crippen LogP contribution in [0.1, 0.15) is 5.56 Å². The third kappa shape index (κ3) is 5.22. The minimum atomic E-state index is -4.38. The summed E-state index contributed by atoms with van der Waals surface area (Å²) in [6, 6.07) is 9.17. The van der Waals surface area contributed by atoms with Crippen molar-refractivity contribution in [1.29, 1.82) is 0 Å². The molecule has 0 aliphatic rings. The van der Waals surface area contributed by atoms with Crippen LogP contribution in [0.15, 0.2) is 56.4 Å². The van der Waals surface area contributed by atoms with Crippen LogP contribution >= 0.6 is 12.0 Å². The summed E-state index contributed by atoms with van der Waals surface area (Å²) < 4.78 is 41.5. The smallest absolute Gasteiger partial charge is 0.294 e. The van der Waals surface area contributed by atoms with Crippen LogP contribution in [0.2, 0.25) is 0 Å². The zero-order valence-electron chi connectivity index (χ0n) is 13.1. The van der Waals surface area contributed by atoms with Crippen LogP contribution in [0.5, 0.6) is 5.75 Å². The normalized spacial score (nSPS) is 11.8. The van der Waals surface area contributed by atoms with Crippen LogP contribution in [0, 0.1) is 6.92 Å². The summed E-state index contributed by atoms with van der Waals surface area (Å²) in [5.74, 6) is 0.314. The van der Waals surface area contributed by atoms with E-state index in [0.717, 1.165) is 12.0 Å². The molecule has 0 atom stereocenters. The second-order valence-corrected chi connectivity index (χ2v) is 6.85. The van der Waals surface area contributed by atoms with Crippen LogP contribution < -0.4 is 4.74 Å². The molecular weight excluding hydrogens is 372 g/mol. The molecule has 0 amide bonds. The van der Waals surface area contributed by atoms with E-state index < -0.39 is 10.1 Å². The summed E-state index contributed by atoms with van der Waals surface area (Å²) in [6.07, 6.45) is 0. The van der Waals surface area contributed by atoms with E-state index in [9.17, 15) is 13.0 Å². The minimum Gasteiger partial charge on any atom is -0.494 e. The van der Waals surface area contributed by atoms with Gasteiger partial charge in [0.15, 0.2) is 0 Å². The first kappa shape index (κ1) is 19.3. The van der Waals surface area contributed by atoms with Gasteiger partial charge in [-0.05, 0) is 48.9 Å². The maximum Gasteiger partial charge on any atom is 0.294 e. The Morgan fingerprint density at radius 1 is 1.12 bits per heavy atom. The zero-order valence-corrected chi connectivity index (χ0v) is 14.7. The van der Waals surface area contributed by atoms with Crippen molar-refractivity contribution < 1.29 is 32.3 Å². The largest absolute Gasteiger partial charge is 0.494 e. The van der Waals surface area contributed by atoms with Crippen LogP contribution in [-0.2, 0) is 19.5 Å². The number of azo groups is 1. The van der Waals surface area contributed by atoms with Gasteiger partial charge in [-0.1, -0.05) is 5.04 Å². The SMILES string of the molecule is COc1cc(C)c(S(=O)(=O)O)cc1N=Nc1ccc(SOOO)cc1. The highest BCUT2D eigenvalue weighted by molar-refractivity contribution is 7.94. The molecule has 0 radical (unpaired) electrons. The maximum absolute atomic E-state index is 11.4. The van der Waals surface area contributed by atoms with Crippen molar-refractivity contribution in [2.75, 3.05) is 7.11 Å². The standard InChI is InChI=1S/C14H14N2O7S2/c1-9-7-13(21-2)12(8-14(9)25(18,19)20)16-15-10-3-5-11(6-4-10)24-23-22-17/h3-8,17H,1-2H3,(H,18,19,20). The molecule has 0 aromatic heterocycles. The van der Waals surface area contributed by atoms with Gasteiger partial charge in [-0.3, -0.25) is 4.55 Å². The lowest BCUT2D eigenvalue weighted by atomic mass is 10.2. The first-order valence-electron chi connectivity index (χ1n) is 6.68. The lowest BCUT2D eigenvalue weighted by Crippen LogP contribution is -2.01. The molecule has 0 unspecified atom stereocenters. The lowest BCUT2D eigenvalue weighted by molar-refractivity contribution is -0.432. The van der Waals surface area contributed by atoms with Gasteiger partial charge >= 0.3 is 0 Å². The molecule has 2 rings (SSSR count). The third-order valence-electron chi connectivity index (χ3n) is 3.02. The number of methoxy groups -OCH3 is 1. The van der Waals surface area contributed by atoms with Gasteiger partial charge in [0.2, 0.25) is 0 Å². The Morgan fingerprint density at radius 3 is 2.36 bits per heavy atom. The highest BCUT2D eigenvalue weighted by Crippen LogP contribution is 2.34. The molecule has 0 aliphatic carbocycles. The van der Waals surface area contributed by atoms with Crippen molar-refractivity contribution in [3.8, 4) is 5.75 Å². The Balaban J connectivity index is 2.30. The Morgan fingerprint density at radius 2 is 1.80 bits per heavy atom. The van der Waals surface area contributed by atoms with E-state index in [1.54, 1.807) is 24.3 Å². The van der Waals surface area contributed by atoms with E-state index in [4.69, 9.17) is 9.99 Å². The molecule has 0 fully saturated rings. The van der Waals surface area contributed by atoms with Gasteiger partial charge in [0, 0.05) is 4.90 Å². The van der Waals surface area contributed by atoms with E-state index in [1.165, 1.54) is 26.2 Å². The monoisotopic (exact) mass is 386 g/mol. The number of hydrogen-bond donors (Lipinski definition) is 2. The second-order valence-electron chi connectivity index (χ2n) is 4.68. The number of aryl methyl sites for hydroxylation is 1. The molecule has 2 aromatic carbocycles. The Labute approximate surface area is 148 Å². The fraction of sp³-hybridized carbons (Fsp3) is 0.143. The van der Waals surface area contributed by atoms with Gasteiger partial charge in [-0.2, -0.15) is 13.5 Å². The molecule has 0 heterocycles. The van der Waals surface area contributed by atoms with Gasteiger partial charge in [0.05, 0.1) is 29.7 Å². The average Bonchev–Trinajstić information content (AvgIpc) is 2.58. The number of hydrogen-bond acceptors (Lipinski definition) is 9. The molecular formula is C14H14N2O7S2. The van der Waals surface area contributed by atoms with Gasteiger partial charge in [-0.25, -0.2) is 5.26 Å². The molecule has 2 aromatic rings. The van der Waals surface area contributed by atoms with Crippen molar-refractivity contribution in [2.45, 2.75) is 16.7 Å². The molecule has 2 N–H and O–H groups in total. The van der Waals surface area contributed by atoms with Gasteiger partial charge in [0.1, 0.15) is 11.4 Å². The molecule has 9 nitrogen and oxygen atoms in total. The van der Waals surface area contributed by atoms with Gasteiger partial charge < -0.3 is 4.74 Å². The van der Waals surface area contributed by atoms with Crippen molar-refractivity contribution in [1.82, 2.24) is 0 Å². The first-order valence-corrected chi connectivity index (χ1v) is 8.86. The van der Waals surface area contributed by atoms with Gasteiger partial charge in [0.25, 0.3) is 10.1 Å². The first-order chi connectivity index (χ1) is 11.8. The van der Waals surface area contributed by atoms with E-state index in [0.29, 0.717) is 21.9 Å². The van der Waals surface area contributed by atoms with Crippen LogP contribution in [0.4, 0.5) is 11.4 Å². The van der Waals surface area contributed by atoms with Crippen molar-refractivity contribution >= 4 is 33.5 Å². The highest BCUT2D eigenvalue weighted by Gasteiger charge is 2.17. The summed E-state index contributed by atoms with van der Waals surface area (Å²) in [6.45, 7) is 1.53. The summed E-state index contributed by atoms with van der Waals surface area (Å²) in [7, 11) is -2.97. The van der Waals surface area contributed by atoms with Gasteiger partial charge in [-0.15, -0.1) is 9.45 Å². The second kappa shape index (κ2) is 8.38. The van der Waals surface area contributed by atoms with Crippen molar-refractivity contribution in [3.63, 3.8) is 0 Å². The van der Waals surface area contributed by atoms with Crippen LogP contribution in [0.25, 0.3) is 0 Å². The molecule has 0 bridgehead atoms. The number of ether oxygens (including phenoxy) is 1. The van der Waals surface area contributed by atoms with Crippen LogP contribution in [0.3, 0.4) is 0 Å². The van der Waals surface area contributed by atoms with Crippen molar-refractivity contribution in [3.05, 3.63) is 42.0 Å². The lowest BCUT2D eigenvalue weighted by Gasteiger charge is -2.08. The average molecular weight is 386 g/mol. The van der Waals surface area contributed by atoms with E-state index in [-0.39, 0.29) is 10.6 Å².